The second-order valence-corrected chi connectivity index (χ2v) is 8.42. The monoisotopic (exact) mass is 461 g/mol. The van der Waals surface area contributed by atoms with Crippen LogP contribution in [0, 0.1) is 0 Å². The molecule has 1 unspecified atom stereocenters. The number of amides is 1. The molecule has 1 aromatic heterocycles. The van der Waals surface area contributed by atoms with E-state index in [1.165, 1.54) is 23.5 Å². The first kappa shape index (κ1) is 22.3. The molecule has 1 aliphatic heterocycles. The number of benzene rings is 2. The molecule has 9 heteroatoms. The fourth-order valence-electron chi connectivity index (χ4n) is 3.73. The van der Waals surface area contributed by atoms with E-state index in [9.17, 15) is 18.0 Å². The molecule has 1 fully saturated rings. The maximum Gasteiger partial charge on any atom is 0.416 e. The fourth-order valence-corrected chi connectivity index (χ4v) is 4.55. The first-order valence-electron chi connectivity index (χ1n) is 10.1. The molecule has 0 aliphatic carbocycles. The highest BCUT2D eigenvalue weighted by atomic mass is 32.1. The lowest BCUT2D eigenvalue weighted by atomic mass is 10.1. The third-order valence-electron chi connectivity index (χ3n) is 5.40. The number of thiazole rings is 1. The Morgan fingerprint density at radius 3 is 2.56 bits per heavy atom. The number of alkyl halides is 3. The van der Waals surface area contributed by atoms with Gasteiger partial charge >= 0.3 is 6.18 Å². The molecule has 1 aliphatic rings. The van der Waals surface area contributed by atoms with Gasteiger partial charge in [-0.3, -0.25) is 9.69 Å². The minimum absolute atomic E-state index is 0.0640. The van der Waals surface area contributed by atoms with Crippen molar-refractivity contribution in [2.75, 3.05) is 19.0 Å². The predicted octanol–water partition coefficient (Wildman–Crippen LogP) is 5.44. The topological polar surface area (TPSA) is 54.5 Å². The lowest BCUT2D eigenvalue weighted by molar-refractivity contribution is -0.137. The van der Waals surface area contributed by atoms with Crippen LogP contribution in [-0.2, 0) is 17.5 Å². The molecule has 0 spiro atoms. The number of carbonyl (C=O) groups is 1. The van der Waals surface area contributed by atoms with Crippen LogP contribution in [0.4, 0.5) is 18.9 Å². The van der Waals surface area contributed by atoms with Gasteiger partial charge in [0.25, 0.3) is 0 Å². The molecule has 5 nitrogen and oxygen atoms in total. The average molecular weight is 462 g/mol. The number of anilines is 1. The zero-order valence-corrected chi connectivity index (χ0v) is 18.2. The van der Waals surface area contributed by atoms with Crippen LogP contribution >= 0.6 is 11.3 Å². The molecule has 168 valence electrons. The van der Waals surface area contributed by atoms with Crippen molar-refractivity contribution in [3.63, 3.8) is 0 Å². The molecular formula is C23H22F3N3O2S. The second-order valence-electron chi connectivity index (χ2n) is 7.57. The highest BCUT2D eigenvalue weighted by Crippen LogP contribution is 2.32. The quantitative estimate of drug-likeness (QED) is 0.531. The summed E-state index contributed by atoms with van der Waals surface area (Å²) < 4.78 is 43.4. The molecule has 1 amide bonds. The van der Waals surface area contributed by atoms with Crippen LogP contribution in [0.15, 0.2) is 53.9 Å². The summed E-state index contributed by atoms with van der Waals surface area (Å²) in [5, 5.41) is 5.51. The van der Waals surface area contributed by atoms with Crippen LogP contribution in [0.25, 0.3) is 10.6 Å². The number of likely N-dealkylation sites (tertiary alicyclic amines) is 1. The van der Waals surface area contributed by atoms with Crippen LogP contribution in [0.5, 0.6) is 5.75 Å². The minimum atomic E-state index is -4.36. The third kappa shape index (κ3) is 5.11. The smallest absolute Gasteiger partial charge is 0.416 e. The lowest BCUT2D eigenvalue weighted by Gasteiger charge is -2.22. The van der Waals surface area contributed by atoms with E-state index in [4.69, 9.17) is 4.74 Å². The van der Waals surface area contributed by atoms with E-state index in [2.05, 4.69) is 15.2 Å². The second kappa shape index (κ2) is 9.30. The molecule has 1 atom stereocenters. The Bertz CT molecular complexity index is 1070. The molecule has 4 rings (SSSR count). The van der Waals surface area contributed by atoms with Gasteiger partial charge in [0, 0.05) is 23.2 Å². The molecule has 1 N–H and O–H groups in total. The van der Waals surface area contributed by atoms with Gasteiger partial charge in [-0.25, -0.2) is 4.98 Å². The summed E-state index contributed by atoms with van der Waals surface area (Å²) in [5.74, 6) is 0.656. The summed E-state index contributed by atoms with van der Waals surface area (Å²) in [7, 11) is 1.59. The van der Waals surface area contributed by atoms with Crippen LogP contribution < -0.4 is 10.1 Å². The molecule has 2 heterocycles. The molecule has 0 saturated carbocycles. The summed E-state index contributed by atoms with van der Waals surface area (Å²) >= 11 is 1.38. The summed E-state index contributed by atoms with van der Waals surface area (Å²) in [4.78, 5) is 19.5. The van der Waals surface area contributed by atoms with E-state index in [1.54, 1.807) is 31.4 Å². The Hall–Kier alpha value is -2.91. The normalized spacial score (nSPS) is 16.8. The average Bonchev–Trinajstić information content (AvgIpc) is 3.44. The van der Waals surface area contributed by atoms with Gasteiger partial charge < -0.3 is 10.1 Å². The number of methoxy groups -OCH3 is 1. The summed E-state index contributed by atoms with van der Waals surface area (Å²) in [6.07, 6.45) is -2.68. The molecule has 0 radical (unpaired) electrons. The summed E-state index contributed by atoms with van der Waals surface area (Å²) in [5.41, 5.74) is 1.47. The van der Waals surface area contributed by atoms with E-state index in [-0.39, 0.29) is 11.9 Å². The van der Waals surface area contributed by atoms with Gasteiger partial charge in [-0.05, 0) is 55.8 Å². The lowest BCUT2D eigenvalue weighted by Crippen LogP contribution is -2.39. The van der Waals surface area contributed by atoms with E-state index in [0.717, 1.165) is 43.0 Å². The number of hydrogen-bond acceptors (Lipinski definition) is 5. The number of ether oxygens (including phenoxy) is 1. The largest absolute Gasteiger partial charge is 0.497 e. The van der Waals surface area contributed by atoms with Gasteiger partial charge in [-0.15, -0.1) is 11.3 Å². The predicted molar refractivity (Wildman–Crippen MR) is 118 cm³/mol. The number of aromatic nitrogens is 1. The Balaban J connectivity index is 1.40. The first-order chi connectivity index (χ1) is 15.3. The highest BCUT2D eigenvalue weighted by Gasteiger charge is 2.32. The van der Waals surface area contributed by atoms with Crippen LogP contribution in [0.3, 0.4) is 0 Å². The Morgan fingerprint density at radius 1 is 1.19 bits per heavy atom. The minimum Gasteiger partial charge on any atom is -0.497 e. The van der Waals surface area contributed by atoms with E-state index in [1.807, 2.05) is 5.38 Å². The van der Waals surface area contributed by atoms with Crippen molar-refractivity contribution in [2.24, 2.45) is 0 Å². The number of nitrogens with one attached hydrogen (secondary N) is 1. The van der Waals surface area contributed by atoms with Crippen molar-refractivity contribution in [1.29, 1.82) is 0 Å². The molecule has 3 aromatic rings. The highest BCUT2D eigenvalue weighted by molar-refractivity contribution is 7.13. The fraction of sp³-hybridized carbons (Fsp3) is 0.304. The van der Waals surface area contributed by atoms with Crippen LogP contribution in [-0.4, -0.2) is 35.5 Å². The van der Waals surface area contributed by atoms with Crippen molar-refractivity contribution in [3.05, 3.63) is 65.2 Å². The summed E-state index contributed by atoms with van der Waals surface area (Å²) in [6, 6.07) is 11.9. The SMILES string of the molecule is COc1ccc(NC(=O)C2CCCN2Cc2csc(-c3ccc(C(F)(F)F)cc3)n2)cc1. The number of rotatable bonds is 6. The molecule has 0 bridgehead atoms. The maximum absolute atomic E-state index is 12.8. The van der Waals surface area contributed by atoms with E-state index >= 15 is 0 Å². The van der Waals surface area contributed by atoms with E-state index in [0.29, 0.717) is 22.8 Å². The first-order valence-corrected chi connectivity index (χ1v) is 11.0. The Morgan fingerprint density at radius 2 is 1.91 bits per heavy atom. The van der Waals surface area contributed by atoms with Crippen molar-refractivity contribution in [2.45, 2.75) is 31.6 Å². The standard InChI is InChI=1S/C23H22F3N3O2S/c1-31-19-10-8-17(9-11-19)27-21(30)20-3-2-12-29(20)13-18-14-32-22(28-18)15-4-6-16(7-5-15)23(24,25)26/h4-11,14,20H,2-3,12-13H2,1H3,(H,27,30). The van der Waals surface area contributed by atoms with Gasteiger partial charge in [0.2, 0.25) is 5.91 Å². The van der Waals surface area contributed by atoms with E-state index < -0.39 is 11.7 Å². The van der Waals surface area contributed by atoms with Crippen molar-refractivity contribution >= 4 is 22.9 Å². The molecule has 32 heavy (non-hydrogen) atoms. The van der Waals surface area contributed by atoms with Gasteiger partial charge in [-0.2, -0.15) is 13.2 Å². The summed E-state index contributed by atoms with van der Waals surface area (Å²) in [6.45, 7) is 1.30. The van der Waals surface area contributed by atoms with Crippen LogP contribution in [0.2, 0.25) is 0 Å². The number of nitrogens with zero attached hydrogens (tertiary/aromatic N) is 2. The zero-order chi connectivity index (χ0) is 22.7. The number of hydrogen-bond donors (Lipinski definition) is 1. The maximum atomic E-state index is 12.8. The van der Waals surface area contributed by atoms with Crippen molar-refractivity contribution < 1.29 is 22.7 Å². The van der Waals surface area contributed by atoms with Crippen LogP contribution in [0.1, 0.15) is 24.1 Å². The zero-order valence-electron chi connectivity index (χ0n) is 17.4. The number of carbonyl (C=O) groups excluding carboxylic acids is 1. The number of halogens is 3. The Labute approximate surface area is 187 Å². The van der Waals surface area contributed by atoms with Crippen molar-refractivity contribution in [3.8, 4) is 16.3 Å². The van der Waals surface area contributed by atoms with Gasteiger partial charge in [0.1, 0.15) is 10.8 Å². The molecular weight excluding hydrogens is 439 g/mol. The van der Waals surface area contributed by atoms with Crippen molar-refractivity contribution in [1.82, 2.24) is 9.88 Å². The molecule has 1 saturated heterocycles. The van der Waals surface area contributed by atoms with Gasteiger partial charge in [0.15, 0.2) is 0 Å². The third-order valence-corrected chi connectivity index (χ3v) is 6.34. The molecule has 2 aromatic carbocycles. The Kier molecular flexibility index (Phi) is 6.48. The van der Waals surface area contributed by atoms with Gasteiger partial charge in [0.05, 0.1) is 24.4 Å². The van der Waals surface area contributed by atoms with Gasteiger partial charge in [-0.1, -0.05) is 12.1 Å².